The molecule has 1 aromatic carbocycles. The highest BCUT2D eigenvalue weighted by Crippen LogP contribution is 2.61. The number of carbonyl (C=O) groups excluding carboxylic acids is 1. The molecule has 0 bridgehead atoms. The first-order valence-corrected chi connectivity index (χ1v) is 16.6. The summed E-state index contributed by atoms with van der Waals surface area (Å²) in [5.41, 5.74) is 3.18. The molecule has 1 unspecified atom stereocenters. The average Bonchev–Trinajstić information content (AvgIpc) is 3.78. The zero-order valence-corrected chi connectivity index (χ0v) is 26.1. The van der Waals surface area contributed by atoms with Crippen molar-refractivity contribution < 1.29 is 22.4 Å². The number of ketones is 1. The van der Waals surface area contributed by atoms with Gasteiger partial charge >= 0.3 is 6.18 Å². The first-order valence-electron chi connectivity index (χ1n) is 16.6. The van der Waals surface area contributed by atoms with Crippen LogP contribution in [-0.2, 0) is 23.8 Å². The monoisotopic (exact) mass is 618 g/mol. The van der Waals surface area contributed by atoms with Crippen LogP contribution in [0.1, 0.15) is 99.4 Å². The number of pyridine rings is 1. The van der Waals surface area contributed by atoms with Gasteiger partial charge in [0.1, 0.15) is 5.82 Å². The molecule has 0 radical (unpaired) electrons. The van der Waals surface area contributed by atoms with Crippen LogP contribution < -0.4 is 0 Å². The number of allylic oxidation sites excluding steroid dienone is 4. The average molecular weight is 619 g/mol. The lowest BCUT2D eigenvalue weighted by atomic mass is 9.72. The standard InChI is InChI=1S/C31H35F3N2O.C7H7F/c32-31(33,34)26-15-22-14-21(4-1-7-27(22)36-18-26)28(37)30-12-3-6-25(30)16-23(17-30)20-5-2-11-29(19-35,13-10-20)24-8-9-24;1-6-2-4-7(8)5-3-6/h4-5,15,18,23-25H,1-3,6-14,16-17H2;2-5H,1H3/t23-,25-,29?,30-;/m1./s1. The van der Waals surface area contributed by atoms with Gasteiger partial charge in [0.15, 0.2) is 5.78 Å². The molecule has 1 heterocycles. The number of aryl methyl sites for hydroxylation is 2. The van der Waals surface area contributed by atoms with E-state index < -0.39 is 11.7 Å². The fourth-order valence-electron chi connectivity index (χ4n) is 8.78. The van der Waals surface area contributed by atoms with Crippen molar-refractivity contribution in [3.05, 3.63) is 88.0 Å². The Hall–Kier alpha value is -3.27. The van der Waals surface area contributed by atoms with Gasteiger partial charge in [0.2, 0.25) is 0 Å². The molecule has 7 rings (SSSR count). The first kappa shape index (κ1) is 31.7. The Morgan fingerprint density at radius 1 is 1.00 bits per heavy atom. The van der Waals surface area contributed by atoms with Gasteiger partial charge in [0.25, 0.3) is 0 Å². The lowest BCUT2D eigenvalue weighted by Gasteiger charge is -2.29. The molecule has 3 saturated carbocycles. The molecule has 238 valence electrons. The molecule has 0 spiro atoms. The zero-order chi connectivity index (χ0) is 31.8. The highest BCUT2D eigenvalue weighted by molar-refractivity contribution is 6.01. The Morgan fingerprint density at radius 2 is 1.78 bits per heavy atom. The fraction of sp³-hybridized carbons (Fsp3) is 0.553. The maximum absolute atomic E-state index is 14.2. The van der Waals surface area contributed by atoms with Gasteiger partial charge in [-0.2, -0.15) is 18.4 Å². The molecule has 7 heteroatoms. The Bertz CT molecular complexity index is 1510. The summed E-state index contributed by atoms with van der Waals surface area (Å²) in [7, 11) is 0. The summed E-state index contributed by atoms with van der Waals surface area (Å²) in [5.74, 6) is 1.32. The number of carbonyl (C=O) groups is 1. The smallest absolute Gasteiger partial charge is 0.294 e. The maximum atomic E-state index is 14.2. The molecule has 3 fully saturated rings. The zero-order valence-electron chi connectivity index (χ0n) is 26.1. The van der Waals surface area contributed by atoms with E-state index in [4.69, 9.17) is 0 Å². The molecular weight excluding hydrogens is 576 g/mol. The SMILES string of the molecule is Cc1ccc(F)cc1.N#CC1(C2CC2)CCC=C([C@@H]2C[C@H]3CCC[C@@]3(C(=O)C3=CCCc4ncc(C(F)(F)F)cc4C3)C2)CC1. The second-order valence-corrected chi connectivity index (χ2v) is 14.1. The topological polar surface area (TPSA) is 53.8 Å². The number of nitrogens with zero attached hydrogens (tertiary/aromatic N) is 2. The minimum Gasteiger partial charge on any atom is -0.294 e. The lowest BCUT2D eigenvalue weighted by Crippen LogP contribution is -2.33. The van der Waals surface area contributed by atoms with Gasteiger partial charge in [0, 0.05) is 23.7 Å². The van der Waals surface area contributed by atoms with E-state index in [2.05, 4.69) is 17.1 Å². The van der Waals surface area contributed by atoms with E-state index in [1.165, 1.54) is 36.6 Å². The van der Waals surface area contributed by atoms with Crippen LogP contribution >= 0.6 is 0 Å². The van der Waals surface area contributed by atoms with E-state index in [1.54, 1.807) is 12.1 Å². The van der Waals surface area contributed by atoms with Gasteiger partial charge in [-0.3, -0.25) is 9.78 Å². The summed E-state index contributed by atoms with van der Waals surface area (Å²) in [5, 5.41) is 9.98. The van der Waals surface area contributed by atoms with E-state index in [0.29, 0.717) is 47.4 Å². The number of Topliss-reactive ketones (excluding diaryl/α,β-unsaturated/α-hetero) is 1. The number of rotatable bonds is 4. The van der Waals surface area contributed by atoms with Crippen molar-refractivity contribution >= 4 is 5.78 Å². The second kappa shape index (κ2) is 12.5. The van der Waals surface area contributed by atoms with E-state index in [9.17, 15) is 27.6 Å². The van der Waals surface area contributed by atoms with Crippen molar-refractivity contribution in [2.75, 3.05) is 0 Å². The van der Waals surface area contributed by atoms with Crippen molar-refractivity contribution in [3.63, 3.8) is 0 Å². The highest BCUT2D eigenvalue weighted by Gasteiger charge is 2.56. The van der Waals surface area contributed by atoms with Gasteiger partial charge in [0.05, 0.1) is 17.0 Å². The summed E-state index contributed by atoms with van der Waals surface area (Å²) in [6, 6.07) is 10.3. The summed E-state index contributed by atoms with van der Waals surface area (Å²) in [6.07, 6.45) is 13.4. The normalized spacial score (nSPS) is 29.5. The van der Waals surface area contributed by atoms with Crippen LogP contribution in [0.3, 0.4) is 0 Å². The molecule has 0 aliphatic heterocycles. The lowest BCUT2D eigenvalue weighted by molar-refractivity contribution is -0.137. The van der Waals surface area contributed by atoms with E-state index in [-0.39, 0.29) is 28.9 Å². The van der Waals surface area contributed by atoms with Crippen LogP contribution in [0.5, 0.6) is 0 Å². The van der Waals surface area contributed by atoms with Crippen LogP contribution in [0.4, 0.5) is 17.6 Å². The maximum Gasteiger partial charge on any atom is 0.417 e. The van der Waals surface area contributed by atoms with Gasteiger partial charge < -0.3 is 0 Å². The molecule has 0 N–H and O–H groups in total. The third kappa shape index (κ3) is 6.53. The van der Waals surface area contributed by atoms with Crippen LogP contribution in [0.15, 0.2) is 59.8 Å². The Kier molecular flexibility index (Phi) is 8.80. The quantitative estimate of drug-likeness (QED) is 0.253. The molecule has 45 heavy (non-hydrogen) atoms. The first-order chi connectivity index (χ1) is 21.5. The van der Waals surface area contributed by atoms with Gasteiger partial charge in [-0.15, -0.1) is 0 Å². The van der Waals surface area contributed by atoms with E-state index in [0.717, 1.165) is 69.5 Å². The van der Waals surface area contributed by atoms with Crippen molar-refractivity contribution in [3.8, 4) is 6.07 Å². The summed E-state index contributed by atoms with van der Waals surface area (Å²) in [4.78, 5) is 18.3. The minimum absolute atomic E-state index is 0.165. The van der Waals surface area contributed by atoms with E-state index in [1.807, 2.05) is 13.0 Å². The van der Waals surface area contributed by atoms with Crippen LogP contribution in [-0.4, -0.2) is 10.8 Å². The van der Waals surface area contributed by atoms with Crippen molar-refractivity contribution in [1.29, 1.82) is 5.26 Å². The number of nitriles is 1. The number of alkyl halides is 3. The molecule has 0 amide bonds. The number of hydrogen-bond donors (Lipinski definition) is 0. The number of benzene rings is 1. The molecule has 5 aliphatic carbocycles. The Labute approximate surface area is 263 Å². The second-order valence-electron chi connectivity index (χ2n) is 14.1. The van der Waals surface area contributed by atoms with Gasteiger partial charge in [-0.05, 0) is 131 Å². The van der Waals surface area contributed by atoms with Crippen LogP contribution in [0, 0.1) is 52.7 Å². The number of fused-ring (bicyclic) bond motifs is 2. The van der Waals surface area contributed by atoms with Gasteiger partial charge in [-0.25, -0.2) is 4.39 Å². The molecule has 1 aromatic heterocycles. The summed E-state index contributed by atoms with van der Waals surface area (Å²) < 4.78 is 52.2. The number of hydrogen-bond acceptors (Lipinski definition) is 3. The predicted octanol–water partition coefficient (Wildman–Crippen LogP) is 9.84. The van der Waals surface area contributed by atoms with Gasteiger partial charge in [-0.1, -0.05) is 41.8 Å². The molecular formula is C38H42F4N2O. The third-order valence-corrected chi connectivity index (χ3v) is 11.4. The summed E-state index contributed by atoms with van der Waals surface area (Å²) >= 11 is 0. The Balaban J connectivity index is 0.000000390. The minimum atomic E-state index is -4.44. The number of halogens is 4. The molecule has 2 aromatic rings. The molecule has 0 saturated heterocycles. The van der Waals surface area contributed by atoms with Crippen LogP contribution in [0.25, 0.3) is 0 Å². The Morgan fingerprint density at radius 3 is 2.47 bits per heavy atom. The summed E-state index contributed by atoms with van der Waals surface area (Å²) in [6.45, 7) is 1.93. The molecule has 5 aliphatic rings. The largest absolute Gasteiger partial charge is 0.417 e. The van der Waals surface area contributed by atoms with Crippen LogP contribution in [0.2, 0.25) is 0 Å². The number of aromatic nitrogens is 1. The molecule has 4 atom stereocenters. The van der Waals surface area contributed by atoms with Crippen molar-refractivity contribution in [2.24, 2.45) is 28.6 Å². The molecule has 3 nitrogen and oxygen atoms in total. The fourth-order valence-corrected chi connectivity index (χ4v) is 8.78. The van der Waals surface area contributed by atoms with Crippen molar-refractivity contribution in [1.82, 2.24) is 4.98 Å². The van der Waals surface area contributed by atoms with E-state index >= 15 is 0 Å². The van der Waals surface area contributed by atoms with Crippen molar-refractivity contribution in [2.45, 2.75) is 103 Å². The third-order valence-electron chi connectivity index (χ3n) is 11.4. The predicted molar refractivity (Wildman–Crippen MR) is 165 cm³/mol. The highest BCUT2D eigenvalue weighted by atomic mass is 19.4.